The van der Waals surface area contributed by atoms with Crippen molar-refractivity contribution in [3.05, 3.63) is 45.5 Å². The summed E-state index contributed by atoms with van der Waals surface area (Å²) in [5, 5.41) is 10.8. The highest BCUT2D eigenvalue weighted by Gasteiger charge is 2.30. The lowest BCUT2D eigenvalue weighted by molar-refractivity contribution is -0.384. The molecule has 0 heterocycles. The lowest BCUT2D eigenvalue weighted by Crippen LogP contribution is -2.10. The monoisotopic (exact) mass is 232 g/mol. The van der Waals surface area contributed by atoms with Crippen LogP contribution in [0.15, 0.2) is 24.3 Å². The predicted octanol–water partition coefficient (Wildman–Crippen LogP) is 2.62. The van der Waals surface area contributed by atoms with Crippen LogP contribution in [0.1, 0.15) is 31.4 Å². The number of allylic oxidation sites excluding steroid dienone is 1. The molecule has 0 aromatic heterocycles. The zero-order chi connectivity index (χ0) is 12.6. The summed E-state index contributed by atoms with van der Waals surface area (Å²) in [6.07, 6.45) is 2.92. The van der Waals surface area contributed by atoms with E-state index in [0.29, 0.717) is 6.54 Å². The van der Waals surface area contributed by atoms with Gasteiger partial charge in [0.1, 0.15) is 0 Å². The summed E-state index contributed by atoms with van der Waals surface area (Å²) >= 11 is 0. The Hall–Kier alpha value is -1.68. The maximum atomic E-state index is 10.8. The van der Waals surface area contributed by atoms with Crippen LogP contribution in [0.5, 0.6) is 0 Å². The van der Waals surface area contributed by atoms with Gasteiger partial charge >= 0.3 is 0 Å². The van der Waals surface area contributed by atoms with Gasteiger partial charge in [0, 0.05) is 17.5 Å². The van der Waals surface area contributed by atoms with E-state index in [9.17, 15) is 10.1 Å². The van der Waals surface area contributed by atoms with Gasteiger partial charge in [0.15, 0.2) is 0 Å². The van der Waals surface area contributed by atoms with E-state index in [1.165, 1.54) is 0 Å². The highest BCUT2D eigenvalue weighted by atomic mass is 16.6. The first-order chi connectivity index (χ1) is 7.95. The maximum absolute atomic E-state index is 10.8. The number of hydrogen-bond donors (Lipinski definition) is 1. The van der Waals surface area contributed by atoms with Crippen molar-refractivity contribution in [3.63, 3.8) is 0 Å². The van der Waals surface area contributed by atoms with E-state index in [2.05, 4.69) is 19.9 Å². The Balaban J connectivity index is 2.54. The quantitative estimate of drug-likeness (QED) is 0.643. The maximum Gasteiger partial charge on any atom is 0.270 e. The Bertz CT molecular complexity index is 504. The molecule has 0 fully saturated rings. The van der Waals surface area contributed by atoms with Crippen LogP contribution in [0.4, 0.5) is 5.69 Å². The third-order valence-electron chi connectivity index (χ3n) is 3.20. The van der Waals surface area contributed by atoms with Crippen LogP contribution >= 0.6 is 0 Å². The minimum absolute atomic E-state index is 0.0606. The van der Waals surface area contributed by atoms with Gasteiger partial charge in [-0.15, -0.1) is 0 Å². The van der Waals surface area contributed by atoms with Gasteiger partial charge in [0.05, 0.1) is 4.92 Å². The molecular formula is C13H16N2O2. The van der Waals surface area contributed by atoms with Gasteiger partial charge in [0.25, 0.3) is 5.69 Å². The van der Waals surface area contributed by atoms with Gasteiger partial charge in [-0.05, 0) is 29.7 Å². The lowest BCUT2D eigenvalue weighted by atomic mass is 9.87. The first kappa shape index (κ1) is 11.8. The van der Waals surface area contributed by atoms with Crippen LogP contribution < -0.4 is 5.73 Å². The molecule has 1 aliphatic rings. The third kappa shape index (κ3) is 1.96. The fourth-order valence-corrected chi connectivity index (χ4v) is 2.43. The molecule has 0 spiro atoms. The van der Waals surface area contributed by atoms with E-state index in [0.717, 1.165) is 23.1 Å². The molecule has 0 aliphatic heterocycles. The molecule has 2 rings (SSSR count). The van der Waals surface area contributed by atoms with Gasteiger partial charge in [-0.1, -0.05) is 26.0 Å². The van der Waals surface area contributed by atoms with E-state index in [4.69, 9.17) is 5.73 Å². The summed E-state index contributed by atoms with van der Waals surface area (Å²) < 4.78 is 0. The molecule has 1 aromatic rings. The van der Waals surface area contributed by atoms with Crippen molar-refractivity contribution >= 4 is 11.3 Å². The highest BCUT2D eigenvalue weighted by molar-refractivity contribution is 5.77. The SMILES string of the molecule is CC1(C)C=C(CCN)c2cc([N+](=O)[O-])ccc21. The molecule has 0 saturated carbocycles. The first-order valence-corrected chi connectivity index (χ1v) is 5.67. The average molecular weight is 232 g/mol. The Kier molecular flexibility index (Phi) is 2.75. The Morgan fingerprint density at radius 3 is 2.71 bits per heavy atom. The van der Waals surface area contributed by atoms with Crippen molar-refractivity contribution in [1.29, 1.82) is 0 Å². The summed E-state index contributed by atoms with van der Waals surface area (Å²) in [5.74, 6) is 0. The molecule has 4 heteroatoms. The number of hydrogen-bond acceptors (Lipinski definition) is 3. The number of non-ortho nitro benzene ring substituents is 1. The smallest absolute Gasteiger partial charge is 0.270 e. The zero-order valence-electron chi connectivity index (χ0n) is 10.1. The Labute approximate surface area is 100 Å². The molecule has 0 bridgehead atoms. The van der Waals surface area contributed by atoms with Crippen LogP contribution in [0.3, 0.4) is 0 Å². The fraction of sp³-hybridized carbons (Fsp3) is 0.385. The second-order valence-electron chi connectivity index (χ2n) is 4.92. The summed E-state index contributed by atoms with van der Waals surface area (Å²) in [6.45, 7) is 4.78. The summed E-state index contributed by atoms with van der Waals surface area (Å²) in [5.41, 5.74) is 8.91. The highest BCUT2D eigenvalue weighted by Crippen LogP contribution is 2.42. The number of nitro benzene ring substituents is 1. The molecule has 0 unspecified atom stereocenters. The van der Waals surface area contributed by atoms with E-state index in [1.54, 1.807) is 12.1 Å². The molecule has 17 heavy (non-hydrogen) atoms. The number of rotatable bonds is 3. The average Bonchev–Trinajstić information content (AvgIpc) is 2.51. The van der Waals surface area contributed by atoms with Gasteiger partial charge in [0.2, 0.25) is 0 Å². The summed E-state index contributed by atoms with van der Waals surface area (Å²) in [7, 11) is 0. The molecule has 4 nitrogen and oxygen atoms in total. The standard InChI is InChI=1S/C13H16N2O2/c1-13(2)8-9(5-6-14)11-7-10(15(16)17)3-4-12(11)13/h3-4,7-8H,5-6,14H2,1-2H3. The predicted molar refractivity (Wildman–Crippen MR) is 67.8 cm³/mol. The molecule has 0 amide bonds. The lowest BCUT2D eigenvalue weighted by Gasteiger charge is -2.16. The summed E-state index contributed by atoms with van der Waals surface area (Å²) in [6, 6.07) is 5.08. The van der Waals surface area contributed by atoms with E-state index < -0.39 is 0 Å². The number of benzene rings is 1. The minimum atomic E-state index is -0.355. The fourth-order valence-electron chi connectivity index (χ4n) is 2.43. The molecule has 0 atom stereocenters. The van der Waals surface area contributed by atoms with E-state index in [-0.39, 0.29) is 16.0 Å². The van der Waals surface area contributed by atoms with Gasteiger partial charge < -0.3 is 5.73 Å². The zero-order valence-corrected chi connectivity index (χ0v) is 10.1. The third-order valence-corrected chi connectivity index (χ3v) is 3.20. The van der Waals surface area contributed by atoms with Gasteiger partial charge in [-0.2, -0.15) is 0 Å². The molecule has 1 aliphatic carbocycles. The molecule has 1 aromatic carbocycles. The topological polar surface area (TPSA) is 69.2 Å². The second kappa shape index (κ2) is 3.96. The van der Waals surface area contributed by atoms with Crippen molar-refractivity contribution in [1.82, 2.24) is 0 Å². The summed E-state index contributed by atoms with van der Waals surface area (Å²) in [4.78, 5) is 10.4. The largest absolute Gasteiger partial charge is 0.330 e. The molecular weight excluding hydrogens is 216 g/mol. The van der Waals surface area contributed by atoms with Crippen LogP contribution in [0.25, 0.3) is 5.57 Å². The van der Waals surface area contributed by atoms with E-state index in [1.807, 2.05) is 6.07 Å². The first-order valence-electron chi connectivity index (χ1n) is 5.67. The molecule has 90 valence electrons. The molecule has 0 saturated heterocycles. The number of nitro groups is 1. The van der Waals surface area contributed by atoms with Crippen molar-refractivity contribution in [2.45, 2.75) is 25.7 Å². The molecule has 2 N–H and O–H groups in total. The Morgan fingerprint density at radius 2 is 2.12 bits per heavy atom. The van der Waals surface area contributed by atoms with Gasteiger partial charge in [-0.25, -0.2) is 0 Å². The van der Waals surface area contributed by atoms with E-state index >= 15 is 0 Å². The normalized spacial score (nSPS) is 16.5. The Morgan fingerprint density at radius 1 is 1.41 bits per heavy atom. The van der Waals surface area contributed by atoms with Crippen molar-refractivity contribution in [3.8, 4) is 0 Å². The van der Waals surface area contributed by atoms with Crippen molar-refractivity contribution in [2.24, 2.45) is 5.73 Å². The van der Waals surface area contributed by atoms with Crippen molar-refractivity contribution in [2.75, 3.05) is 6.54 Å². The van der Waals surface area contributed by atoms with Crippen LogP contribution in [0.2, 0.25) is 0 Å². The minimum Gasteiger partial charge on any atom is -0.330 e. The number of fused-ring (bicyclic) bond motifs is 1. The molecule has 0 radical (unpaired) electrons. The number of nitrogens with two attached hydrogens (primary N) is 1. The second-order valence-corrected chi connectivity index (χ2v) is 4.92. The van der Waals surface area contributed by atoms with Gasteiger partial charge in [-0.3, -0.25) is 10.1 Å². The van der Waals surface area contributed by atoms with Crippen LogP contribution in [-0.4, -0.2) is 11.5 Å². The van der Waals surface area contributed by atoms with Crippen molar-refractivity contribution < 1.29 is 4.92 Å². The van der Waals surface area contributed by atoms with Crippen LogP contribution in [0, 0.1) is 10.1 Å². The van der Waals surface area contributed by atoms with Crippen LogP contribution in [-0.2, 0) is 5.41 Å². The number of nitrogens with zero attached hydrogens (tertiary/aromatic N) is 1.